The van der Waals surface area contributed by atoms with Crippen molar-refractivity contribution in [2.24, 2.45) is 11.3 Å². The molecule has 0 N–H and O–H groups in total. The number of ether oxygens (including phenoxy) is 2. The molecule has 0 aromatic heterocycles. The fourth-order valence-electron chi connectivity index (χ4n) is 1.50. The Balaban J connectivity index is 5.31. The van der Waals surface area contributed by atoms with Crippen molar-refractivity contribution in [1.82, 2.24) is 0 Å². The molecule has 0 heterocycles. The van der Waals surface area contributed by atoms with Crippen LogP contribution in [-0.4, -0.2) is 25.2 Å². The van der Waals surface area contributed by atoms with Gasteiger partial charge in [0.2, 0.25) is 0 Å². The molecule has 0 spiro atoms. The Morgan fingerprint density at radius 3 is 1.78 bits per heavy atom. The number of esters is 2. The van der Waals surface area contributed by atoms with Gasteiger partial charge in [-0.1, -0.05) is 32.9 Å². The van der Waals surface area contributed by atoms with Crippen molar-refractivity contribution in [3.8, 4) is 0 Å². The van der Waals surface area contributed by atoms with Crippen molar-refractivity contribution in [2.45, 2.75) is 41.0 Å². The van der Waals surface area contributed by atoms with Crippen molar-refractivity contribution >= 4 is 11.9 Å². The maximum Gasteiger partial charge on any atom is 0.327 e. The largest absolute Gasteiger partial charge is 0.465 e. The highest BCUT2D eigenvalue weighted by Gasteiger charge is 2.45. The fraction of sp³-hybridized carbons (Fsp3) is 0.714. The lowest BCUT2D eigenvalue weighted by Crippen LogP contribution is -2.40. The van der Waals surface area contributed by atoms with E-state index in [1.165, 1.54) is 0 Å². The van der Waals surface area contributed by atoms with Gasteiger partial charge in [0.05, 0.1) is 13.2 Å². The zero-order chi connectivity index (χ0) is 14.2. The molecule has 0 fully saturated rings. The summed E-state index contributed by atoms with van der Waals surface area (Å²) < 4.78 is 10.0. The third-order valence-corrected chi connectivity index (χ3v) is 2.60. The Morgan fingerprint density at radius 2 is 1.50 bits per heavy atom. The molecular formula is C14H24O4. The minimum absolute atomic E-state index is 0.246. The van der Waals surface area contributed by atoms with Crippen molar-refractivity contribution < 1.29 is 19.1 Å². The molecule has 0 atom stereocenters. The normalized spacial score (nSPS) is 11.9. The minimum atomic E-state index is -1.31. The summed E-state index contributed by atoms with van der Waals surface area (Å²) in [6.45, 7) is 9.66. The van der Waals surface area contributed by atoms with E-state index in [0.717, 1.165) is 0 Å². The first-order valence-corrected chi connectivity index (χ1v) is 6.48. The molecule has 0 saturated heterocycles. The number of carbonyl (C=O) groups is 2. The lowest BCUT2D eigenvalue weighted by molar-refractivity contribution is -0.168. The van der Waals surface area contributed by atoms with E-state index in [0.29, 0.717) is 6.42 Å². The van der Waals surface area contributed by atoms with E-state index in [9.17, 15) is 9.59 Å². The van der Waals surface area contributed by atoms with Gasteiger partial charge in [0.15, 0.2) is 5.41 Å². The van der Waals surface area contributed by atoms with E-state index in [2.05, 4.69) is 0 Å². The summed E-state index contributed by atoms with van der Waals surface area (Å²) in [7, 11) is 0. The number of hydrogen-bond acceptors (Lipinski definition) is 4. The summed E-state index contributed by atoms with van der Waals surface area (Å²) >= 11 is 0. The SMILES string of the molecule is CCOC(=O)C(C=CC(C)C)(CC)C(=O)OCC. The molecule has 0 rings (SSSR count). The quantitative estimate of drug-likeness (QED) is 0.399. The van der Waals surface area contributed by atoms with Crippen molar-refractivity contribution in [3.05, 3.63) is 12.2 Å². The van der Waals surface area contributed by atoms with Crippen molar-refractivity contribution in [1.29, 1.82) is 0 Å². The van der Waals surface area contributed by atoms with Crippen LogP contribution >= 0.6 is 0 Å². The summed E-state index contributed by atoms with van der Waals surface area (Å²) in [4.78, 5) is 24.1. The van der Waals surface area contributed by atoms with Crippen LogP contribution in [-0.2, 0) is 19.1 Å². The summed E-state index contributed by atoms with van der Waals surface area (Å²) in [6, 6.07) is 0. The average molecular weight is 256 g/mol. The van der Waals surface area contributed by atoms with Crippen LogP contribution in [0.15, 0.2) is 12.2 Å². The highest BCUT2D eigenvalue weighted by Crippen LogP contribution is 2.28. The van der Waals surface area contributed by atoms with Gasteiger partial charge in [0.1, 0.15) is 0 Å². The van der Waals surface area contributed by atoms with E-state index in [1.807, 2.05) is 19.9 Å². The first-order valence-electron chi connectivity index (χ1n) is 6.48. The van der Waals surface area contributed by atoms with Crippen LogP contribution in [0.5, 0.6) is 0 Å². The van der Waals surface area contributed by atoms with Crippen LogP contribution in [0, 0.1) is 11.3 Å². The maximum atomic E-state index is 12.1. The molecule has 0 saturated carbocycles. The van der Waals surface area contributed by atoms with Gasteiger partial charge in [0.25, 0.3) is 0 Å². The lowest BCUT2D eigenvalue weighted by Gasteiger charge is -2.24. The van der Waals surface area contributed by atoms with Gasteiger partial charge < -0.3 is 9.47 Å². The summed E-state index contributed by atoms with van der Waals surface area (Å²) in [6.07, 6.45) is 3.78. The highest BCUT2D eigenvalue weighted by atomic mass is 16.6. The Bertz CT molecular complexity index is 287. The van der Waals surface area contributed by atoms with Gasteiger partial charge in [-0.2, -0.15) is 0 Å². The molecule has 0 radical (unpaired) electrons. The third kappa shape index (κ3) is 4.17. The number of carbonyl (C=O) groups excluding carboxylic acids is 2. The zero-order valence-corrected chi connectivity index (χ0v) is 12.0. The summed E-state index contributed by atoms with van der Waals surface area (Å²) in [5.41, 5.74) is -1.31. The van der Waals surface area contributed by atoms with E-state index in [-0.39, 0.29) is 19.1 Å². The van der Waals surface area contributed by atoms with Gasteiger partial charge >= 0.3 is 11.9 Å². The van der Waals surface area contributed by atoms with Gasteiger partial charge in [-0.25, -0.2) is 0 Å². The second-order valence-electron chi connectivity index (χ2n) is 4.37. The second kappa shape index (κ2) is 7.90. The van der Waals surface area contributed by atoms with Crippen LogP contribution in [0.1, 0.15) is 41.0 Å². The number of allylic oxidation sites excluding steroid dienone is 1. The second-order valence-corrected chi connectivity index (χ2v) is 4.37. The minimum Gasteiger partial charge on any atom is -0.465 e. The van der Waals surface area contributed by atoms with Gasteiger partial charge in [-0.3, -0.25) is 9.59 Å². The maximum absolute atomic E-state index is 12.1. The fourth-order valence-corrected chi connectivity index (χ4v) is 1.50. The van der Waals surface area contributed by atoms with E-state index in [4.69, 9.17) is 9.47 Å². The molecule has 104 valence electrons. The van der Waals surface area contributed by atoms with Crippen LogP contribution < -0.4 is 0 Å². The standard InChI is InChI=1S/C14H24O4/c1-6-14(10-9-11(4)5,12(15)17-7-2)13(16)18-8-3/h9-11H,6-8H2,1-5H3. The summed E-state index contributed by atoms with van der Waals surface area (Å²) in [5.74, 6) is -0.828. The molecule has 4 heteroatoms. The van der Waals surface area contributed by atoms with Crippen molar-refractivity contribution in [3.63, 3.8) is 0 Å². The van der Waals surface area contributed by atoms with E-state index in [1.54, 1.807) is 26.8 Å². The predicted octanol–water partition coefficient (Wildman–Crippen LogP) is 2.72. The van der Waals surface area contributed by atoms with Crippen LogP contribution in [0.3, 0.4) is 0 Å². The van der Waals surface area contributed by atoms with Crippen LogP contribution in [0.25, 0.3) is 0 Å². The zero-order valence-electron chi connectivity index (χ0n) is 12.0. The van der Waals surface area contributed by atoms with E-state index < -0.39 is 17.4 Å². The van der Waals surface area contributed by atoms with E-state index >= 15 is 0 Å². The van der Waals surface area contributed by atoms with Crippen LogP contribution in [0.4, 0.5) is 0 Å². The molecular weight excluding hydrogens is 232 g/mol. The molecule has 0 amide bonds. The number of hydrogen-bond donors (Lipinski definition) is 0. The van der Waals surface area contributed by atoms with Gasteiger partial charge in [-0.15, -0.1) is 0 Å². The Kier molecular flexibility index (Phi) is 7.32. The lowest BCUT2D eigenvalue weighted by atomic mass is 9.84. The molecule has 0 aromatic carbocycles. The average Bonchev–Trinajstić information content (AvgIpc) is 2.30. The third-order valence-electron chi connectivity index (χ3n) is 2.60. The van der Waals surface area contributed by atoms with Gasteiger partial charge in [-0.05, 0) is 26.2 Å². The van der Waals surface area contributed by atoms with Crippen molar-refractivity contribution in [2.75, 3.05) is 13.2 Å². The smallest absolute Gasteiger partial charge is 0.327 e. The molecule has 18 heavy (non-hydrogen) atoms. The predicted molar refractivity (Wildman–Crippen MR) is 70.0 cm³/mol. The monoisotopic (exact) mass is 256 g/mol. The number of rotatable bonds is 7. The first kappa shape index (κ1) is 16.7. The van der Waals surface area contributed by atoms with Gasteiger partial charge in [0, 0.05) is 0 Å². The highest BCUT2D eigenvalue weighted by molar-refractivity contribution is 6.02. The molecule has 0 aliphatic rings. The first-order chi connectivity index (χ1) is 8.44. The molecule has 0 bridgehead atoms. The Morgan fingerprint density at radius 1 is 1.06 bits per heavy atom. The Hall–Kier alpha value is -1.32. The topological polar surface area (TPSA) is 52.6 Å². The molecule has 0 unspecified atom stereocenters. The molecule has 0 aliphatic heterocycles. The molecule has 0 aromatic rings. The Labute approximate surface area is 109 Å². The molecule has 0 aliphatic carbocycles. The molecule has 4 nitrogen and oxygen atoms in total. The van der Waals surface area contributed by atoms with Crippen LogP contribution in [0.2, 0.25) is 0 Å². The summed E-state index contributed by atoms with van der Waals surface area (Å²) in [5, 5.41) is 0.